The van der Waals surface area contributed by atoms with Crippen molar-refractivity contribution in [3.63, 3.8) is 0 Å². The maximum atomic E-state index is 12.9. The average Bonchev–Trinajstić information content (AvgIpc) is 2.70. The Balaban J connectivity index is 1.75. The molecule has 0 aliphatic carbocycles. The van der Waals surface area contributed by atoms with Gasteiger partial charge in [0.2, 0.25) is 0 Å². The van der Waals surface area contributed by atoms with E-state index in [-0.39, 0.29) is 17.6 Å². The van der Waals surface area contributed by atoms with Crippen LogP contribution in [0.3, 0.4) is 0 Å². The maximum Gasteiger partial charge on any atom is 0.261 e. The largest absolute Gasteiger partial charge is 0.487 e. The summed E-state index contributed by atoms with van der Waals surface area (Å²) in [6.45, 7) is 7.93. The molecular weight excluding hydrogens is 374 g/mol. The Morgan fingerprint density at radius 3 is 2.68 bits per heavy atom. The van der Waals surface area contributed by atoms with Crippen LogP contribution in [0, 0.1) is 6.92 Å². The first kappa shape index (κ1) is 20.5. The highest BCUT2D eigenvalue weighted by molar-refractivity contribution is 6.31. The van der Waals surface area contributed by atoms with Crippen LogP contribution in [0.15, 0.2) is 42.5 Å². The quantitative estimate of drug-likeness (QED) is 0.683. The number of aryl methyl sites for hydroxylation is 1. The Labute approximate surface area is 172 Å². The number of carbonyl (C=O) groups excluding carboxylic acids is 1. The molecule has 1 heterocycles. The van der Waals surface area contributed by atoms with Crippen molar-refractivity contribution >= 4 is 17.5 Å². The van der Waals surface area contributed by atoms with Crippen LogP contribution in [0.1, 0.15) is 57.2 Å². The SMILES string of the molecule is CCC1(CC)CC(NC(=O)C(C)Oc2ccc(Cl)c(C)c2)c2ccccc2O1. The highest BCUT2D eigenvalue weighted by atomic mass is 35.5. The van der Waals surface area contributed by atoms with Crippen LogP contribution in [0.4, 0.5) is 0 Å². The predicted molar refractivity (Wildman–Crippen MR) is 112 cm³/mol. The summed E-state index contributed by atoms with van der Waals surface area (Å²) in [6.07, 6.45) is 1.91. The van der Waals surface area contributed by atoms with Crippen LogP contribution in [-0.2, 0) is 4.79 Å². The van der Waals surface area contributed by atoms with Crippen molar-refractivity contribution in [2.24, 2.45) is 0 Å². The van der Waals surface area contributed by atoms with Crippen molar-refractivity contribution in [3.8, 4) is 11.5 Å². The van der Waals surface area contributed by atoms with E-state index in [1.807, 2.05) is 37.3 Å². The van der Waals surface area contributed by atoms with Crippen LogP contribution in [0.5, 0.6) is 11.5 Å². The Kier molecular flexibility index (Phi) is 6.19. The molecule has 150 valence electrons. The fraction of sp³-hybridized carbons (Fsp3) is 0.435. The van der Waals surface area contributed by atoms with E-state index in [9.17, 15) is 4.79 Å². The van der Waals surface area contributed by atoms with Gasteiger partial charge in [0, 0.05) is 17.0 Å². The number of carbonyl (C=O) groups is 1. The third-order valence-electron chi connectivity index (χ3n) is 5.61. The van der Waals surface area contributed by atoms with Gasteiger partial charge < -0.3 is 14.8 Å². The van der Waals surface area contributed by atoms with Gasteiger partial charge in [-0.15, -0.1) is 0 Å². The molecule has 1 amide bonds. The number of para-hydroxylation sites is 1. The summed E-state index contributed by atoms with van der Waals surface area (Å²) in [5, 5.41) is 3.85. The normalized spacial score (nSPS) is 18.5. The first-order valence-electron chi connectivity index (χ1n) is 9.88. The van der Waals surface area contributed by atoms with Gasteiger partial charge in [0.1, 0.15) is 17.1 Å². The molecule has 0 saturated heterocycles. The second-order valence-electron chi connectivity index (χ2n) is 7.47. The Bertz CT molecular complexity index is 847. The summed E-state index contributed by atoms with van der Waals surface area (Å²) in [7, 11) is 0. The van der Waals surface area contributed by atoms with Gasteiger partial charge in [-0.05, 0) is 56.5 Å². The van der Waals surface area contributed by atoms with Crippen LogP contribution in [-0.4, -0.2) is 17.6 Å². The standard InChI is InChI=1S/C23H28ClNO3/c1-5-23(6-2)14-20(18-9-7-8-10-21(18)28-23)25-22(26)16(4)27-17-11-12-19(24)15(3)13-17/h7-13,16,20H,5-6,14H2,1-4H3,(H,25,26). The van der Waals surface area contributed by atoms with Crippen LogP contribution < -0.4 is 14.8 Å². The van der Waals surface area contributed by atoms with Gasteiger partial charge in [-0.1, -0.05) is 43.6 Å². The van der Waals surface area contributed by atoms with E-state index in [1.165, 1.54) is 0 Å². The number of fused-ring (bicyclic) bond motifs is 1. The minimum Gasteiger partial charge on any atom is -0.487 e. The Hall–Kier alpha value is -2.20. The minimum absolute atomic E-state index is 0.102. The smallest absolute Gasteiger partial charge is 0.261 e. The maximum absolute atomic E-state index is 12.9. The van der Waals surface area contributed by atoms with E-state index in [2.05, 4.69) is 19.2 Å². The van der Waals surface area contributed by atoms with Crippen molar-refractivity contribution in [2.45, 2.75) is 64.7 Å². The summed E-state index contributed by atoms with van der Waals surface area (Å²) in [6, 6.07) is 13.2. The molecule has 2 aromatic rings. The molecule has 5 heteroatoms. The third kappa shape index (κ3) is 4.27. The Morgan fingerprint density at radius 1 is 1.29 bits per heavy atom. The molecule has 2 atom stereocenters. The average molecular weight is 402 g/mol. The van der Waals surface area contributed by atoms with Gasteiger partial charge in [0.05, 0.1) is 6.04 Å². The highest BCUT2D eigenvalue weighted by Crippen LogP contribution is 2.42. The molecule has 0 aromatic heterocycles. The van der Waals surface area contributed by atoms with Gasteiger partial charge in [-0.25, -0.2) is 0 Å². The van der Waals surface area contributed by atoms with E-state index in [4.69, 9.17) is 21.1 Å². The van der Waals surface area contributed by atoms with Gasteiger partial charge in [-0.2, -0.15) is 0 Å². The van der Waals surface area contributed by atoms with E-state index >= 15 is 0 Å². The lowest BCUT2D eigenvalue weighted by Gasteiger charge is -2.41. The number of benzene rings is 2. The van der Waals surface area contributed by atoms with Crippen LogP contribution >= 0.6 is 11.6 Å². The molecule has 0 bridgehead atoms. The highest BCUT2D eigenvalue weighted by Gasteiger charge is 2.39. The fourth-order valence-electron chi connectivity index (χ4n) is 3.67. The molecule has 3 rings (SSSR count). The van der Waals surface area contributed by atoms with Crippen LogP contribution in [0.25, 0.3) is 0 Å². The second-order valence-corrected chi connectivity index (χ2v) is 7.87. The van der Waals surface area contributed by atoms with Gasteiger partial charge >= 0.3 is 0 Å². The number of hydrogen-bond donors (Lipinski definition) is 1. The molecule has 1 aliphatic rings. The topological polar surface area (TPSA) is 47.6 Å². The molecule has 2 aromatic carbocycles. The van der Waals surface area contributed by atoms with Crippen molar-refractivity contribution in [1.82, 2.24) is 5.32 Å². The van der Waals surface area contributed by atoms with E-state index < -0.39 is 6.10 Å². The summed E-state index contributed by atoms with van der Waals surface area (Å²) >= 11 is 6.06. The monoisotopic (exact) mass is 401 g/mol. The minimum atomic E-state index is -0.617. The molecule has 0 saturated carbocycles. The number of rotatable bonds is 6. The van der Waals surface area contributed by atoms with Crippen molar-refractivity contribution in [1.29, 1.82) is 0 Å². The lowest BCUT2D eigenvalue weighted by atomic mass is 9.83. The molecule has 0 radical (unpaired) electrons. The summed E-state index contributed by atoms with van der Waals surface area (Å²) in [4.78, 5) is 12.9. The zero-order valence-corrected chi connectivity index (χ0v) is 17.7. The predicted octanol–water partition coefficient (Wildman–Crippen LogP) is 5.61. The lowest BCUT2D eigenvalue weighted by molar-refractivity contribution is -0.128. The zero-order chi connectivity index (χ0) is 20.3. The number of halogens is 1. The summed E-state index contributed by atoms with van der Waals surface area (Å²) in [5.41, 5.74) is 1.67. The van der Waals surface area contributed by atoms with E-state index in [0.717, 1.165) is 36.1 Å². The number of nitrogens with one attached hydrogen (secondary N) is 1. The lowest BCUT2D eigenvalue weighted by Crippen LogP contribution is -2.46. The molecule has 0 fully saturated rings. The zero-order valence-electron chi connectivity index (χ0n) is 16.9. The molecule has 2 unspecified atom stereocenters. The molecular formula is C23H28ClNO3. The summed E-state index contributed by atoms with van der Waals surface area (Å²) in [5.74, 6) is 1.34. The van der Waals surface area contributed by atoms with Crippen LogP contribution in [0.2, 0.25) is 5.02 Å². The van der Waals surface area contributed by atoms with Crippen molar-refractivity contribution in [2.75, 3.05) is 0 Å². The molecule has 28 heavy (non-hydrogen) atoms. The summed E-state index contributed by atoms with van der Waals surface area (Å²) < 4.78 is 12.2. The van der Waals surface area contributed by atoms with Gasteiger partial charge in [0.15, 0.2) is 6.10 Å². The number of ether oxygens (including phenoxy) is 2. The van der Waals surface area contributed by atoms with E-state index in [1.54, 1.807) is 19.1 Å². The fourth-order valence-corrected chi connectivity index (χ4v) is 3.78. The van der Waals surface area contributed by atoms with E-state index in [0.29, 0.717) is 10.8 Å². The first-order chi connectivity index (χ1) is 13.4. The van der Waals surface area contributed by atoms with Gasteiger partial charge in [0.25, 0.3) is 5.91 Å². The second kappa shape index (κ2) is 8.44. The Morgan fingerprint density at radius 2 is 2.00 bits per heavy atom. The van der Waals surface area contributed by atoms with Gasteiger partial charge in [-0.3, -0.25) is 4.79 Å². The molecule has 0 spiro atoms. The molecule has 4 nitrogen and oxygen atoms in total. The van der Waals surface area contributed by atoms with Crippen molar-refractivity contribution in [3.05, 3.63) is 58.6 Å². The molecule has 1 aliphatic heterocycles. The molecule has 1 N–H and O–H groups in total. The number of hydrogen-bond acceptors (Lipinski definition) is 3. The third-order valence-corrected chi connectivity index (χ3v) is 6.04. The first-order valence-corrected chi connectivity index (χ1v) is 10.3. The van der Waals surface area contributed by atoms with Crippen molar-refractivity contribution < 1.29 is 14.3 Å². The number of amides is 1.